The van der Waals surface area contributed by atoms with E-state index >= 15 is 0 Å². The van der Waals surface area contributed by atoms with E-state index in [0.29, 0.717) is 6.42 Å². The molecule has 1 aromatic carbocycles. The molecule has 0 spiro atoms. The van der Waals surface area contributed by atoms with Gasteiger partial charge >= 0.3 is 0 Å². The zero-order valence-electron chi connectivity index (χ0n) is 13.9. The molecule has 0 aliphatic carbocycles. The fraction of sp³-hybridized carbons (Fsp3) is 0.444. The van der Waals surface area contributed by atoms with Gasteiger partial charge in [0.25, 0.3) is 0 Å². The molecule has 2 N–H and O–H groups in total. The molecule has 0 amide bonds. The quantitative estimate of drug-likeness (QED) is 0.628. The molecule has 1 aromatic heterocycles. The van der Waals surface area contributed by atoms with Crippen molar-refractivity contribution in [3.8, 4) is 11.3 Å². The first-order chi connectivity index (χ1) is 10.6. The van der Waals surface area contributed by atoms with Crippen molar-refractivity contribution in [3.05, 3.63) is 48.4 Å². The number of rotatable bonds is 5. The third-order valence-corrected chi connectivity index (χ3v) is 3.33. The Morgan fingerprint density at radius 3 is 2.13 bits per heavy atom. The summed E-state index contributed by atoms with van der Waals surface area (Å²) in [6, 6.07) is 10.9. The third-order valence-electron chi connectivity index (χ3n) is 3.33. The Morgan fingerprint density at radius 1 is 1.04 bits per heavy atom. The van der Waals surface area contributed by atoms with Gasteiger partial charge in [-0.25, -0.2) is 0 Å². The second-order valence-corrected chi connectivity index (χ2v) is 5.13. The van der Waals surface area contributed by atoms with Gasteiger partial charge in [0, 0.05) is 43.9 Å². The van der Waals surface area contributed by atoms with E-state index < -0.39 is 0 Å². The predicted octanol–water partition coefficient (Wildman–Crippen LogP) is 3.17. The zero-order valence-corrected chi connectivity index (χ0v) is 16.3. The molecular weight excluding hydrogens is 468 g/mol. The first kappa shape index (κ1) is 21.9. The Balaban J connectivity index is 0.000000434. The summed E-state index contributed by atoms with van der Waals surface area (Å²) >= 11 is 0. The molecule has 1 heterocycles. The van der Waals surface area contributed by atoms with Crippen LogP contribution in [0.1, 0.15) is 38.8 Å². The van der Waals surface area contributed by atoms with Gasteiger partial charge in [0.05, 0.1) is 12.2 Å². The summed E-state index contributed by atoms with van der Waals surface area (Å²) in [5, 5.41) is 18.0. The van der Waals surface area contributed by atoms with Crippen molar-refractivity contribution in [2.45, 2.75) is 52.2 Å². The molecule has 129 valence electrons. The number of nitrogens with zero attached hydrogens (tertiary/aromatic N) is 2. The minimum Gasteiger partial charge on any atom is -0.393 e. The molecule has 2 aromatic rings. The first-order valence-electron chi connectivity index (χ1n) is 7.69. The van der Waals surface area contributed by atoms with E-state index in [0.717, 1.165) is 29.8 Å². The van der Waals surface area contributed by atoms with Crippen LogP contribution in [0, 0.1) is 13.0 Å². The van der Waals surface area contributed by atoms with Gasteiger partial charge in [-0.1, -0.05) is 13.8 Å². The van der Waals surface area contributed by atoms with Gasteiger partial charge in [0.15, 0.2) is 0 Å². The van der Waals surface area contributed by atoms with Gasteiger partial charge in [-0.3, -0.25) is 4.98 Å². The Kier molecular flexibility index (Phi) is 11.7. The van der Waals surface area contributed by atoms with E-state index in [1.807, 2.05) is 45.0 Å². The van der Waals surface area contributed by atoms with Crippen LogP contribution in [0.15, 0.2) is 36.7 Å². The van der Waals surface area contributed by atoms with Crippen molar-refractivity contribution < 1.29 is 30.3 Å². The van der Waals surface area contributed by atoms with E-state index in [1.54, 1.807) is 12.4 Å². The summed E-state index contributed by atoms with van der Waals surface area (Å²) in [7, 11) is 0. The number of hydrogen-bond donors (Lipinski definition) is 2. The summed E-state index contributed by atoms with van der Waals surface area (Å²) in [5.41, 5.74) is 2.83. The fourth-order valence-corrected chi connectivity index (χ4v) is 1.86. The number of benzene rings is 1. The van der Waals surface area contributed by atoms with Crippen molar-refractivity contribution in [3.63, 3.8) is 0 Å². The molecule has 0 fully saturated rings. The fourth-order valence-electron chi connectivity index (χ4n) is 1.86. The third kappa shape index (κ3) is 8.33. The average molecular weight is 494 g/mol. The molecule has 0 saturated heterocycles. The molecule has 1 radical (unpaired) electrons. The Labute approximate surface area is 152 Å². The number of aryl methyl sites for hydroxylation is 1. The van der Waals surface area contributed by atoms with Gasteiger partial charge < -0.3 is 15.2 Å². The maximum atomic E-state index is 9.00. The number of aliphatic hydroxyl groups is 2. The zero-order chi connectivity index (χ0) is 16.4. The van der Waals surface area contributed by atoms with Crippen LogP contribution >= 0.6 is 0 Å². The maximum Gasteiger partial charge on any atom is 0.0562 e. The number of aromatic nitrogens is 2. The molecular formula is C18H25IrN2O2-. The van der Waals surface area contributed by atoms with Crippen LogP contribution < -0.4 is 0 Å². The van der Waals surface area contributed by atoms with Crippen molar-refractivity contribution in [1.82, 2.24) is 9.97 Å². The summed E-state index contributed by atoms with van der Waals surface area (Å²) < 4.78 is 0. The first-order valence-corrected chi connectivity index (χ1v) is 7.69. The molecule has 2 atom stereocenters. The molecule has 0 bridgehead atoms. The van der Waals surface area contributed by atoms with Crippen LogP contribution in [0.5, 0.6) is 0 Å². The minimum atomic E-state index is -0.319. The molecule has 2 unspecified atom stereocenters. The Hall–Kier alpha value is -1.13. The topological polar surface area (TPSA) is 66.2 Å². The molecule has 0 aliphatic heterocycles. The maximum absolute atomic E-state index is 9.00. The second kappa shape index (κ2) is 12.3. The van der Waals surface area contributed by atoms with Crippen LogP contribution in [-0.4, -0.2) is 32.4 Å². The van der Waals surface area contributed by atoms with Crippen LogP contribution in [0.2, 0.25) is 0 Å². The van der Waals surface area contributed by atoms with Gasteiger partial charge in [0.1, 0.15) is 0 Å². The molecule has 2 rings (SSSR count). The summed E-state index contributed by atoms with van der Waals surface area (Å²) in [6.45, 7) is 5.77. The van der Waals surface area contributed by atoms with E-state index in [9.17, 15) is 0 Å². The van der Waals surface area contributed by atoms with Gasteiger partial charge in [-0.05, 0) is 26.2 Å². The minimum absolute atomic E-state index is 0. The van der Waals surface area contributed by atoms with Crippen molar-refractivity contribution in [2.75, 3.05) is 0 Å². The van der Waals surface area contributed by atoms with Crippen molar-refractivity contribution in [1.29, 1.82) is 0 Å². The van der Waals surface area contributed by atoms with Crippen LogP contribution in [-0.2, 0) is 20.1 Å². The summed E-state index contributed by atoms with van der Waals surface area (Å²) in [5.74, 6) is 0. The van der Waals surface area contributed by atoms with Gasteiger partial charge in [0.2, 0.25) is 0 Å². The van der Waals surface area contributed by atoms with Crippen LogP contribution in [0.4, 0.5) is 0 Å². The summed E-state index contributed by atoms with van der Waals surface area (Å²) in [6.07, 6.45) is 4.74. The van der Waals surface area contributed by atoms with E-state index in [2.05, 4.69) is 16.0 Å². The number of aliphatic hydroxyl groups excluding tert-OH is 2. The van der Waals surface area contributed by atoms with Crippen LogP contribution in [0.25, 0.3) is 11.3 Å². The van der Waals surface area contributed by atoms with Gasteiger partial charge in [-0.15, -0.1) is 35.9 Å². The standard InChI is InChI=1S/C11H9N2.C7H16O2.Ir/c1-9-11(13-8-7-12-9)10-5-3-2-4-6-10;1-3-6(8)5-7(9)4-2;/h2-5,7-8H,1H3;6-9H,3-5H2,1-2H3;/q-1;;. The van der Waals surface area contributed by atoms with E-state index in [4.69, 9.17) is 10.2 Å². The molecule has 0 aliphatic rings. The average Bonchev–Trinajstić information content (AvgIpc) is 2.56. The van der Waals surface area contributed by atoms with Crippen molar-refractivity contribution in [2.24, 2.45) is 0 Å². The number of hydrogen-bond acceptors (Lipinski definition) is 4. The van der Waals surface area contributed by atoms with Gasteiger partial charge in [-0.2, -0.15) is 0 Å². The van der Waals surface area contributed by atoms with E-state index in [-0.39, 0.29) is 32.3 Å². The largest absolute Gasteiger partial charge is 0.393 e. The molecule has 23 heavy (non-hydrogen) atoms. The SMILES string of the molecule is CCC(O)CC(O)CC.Cc1nccnc1-c1[c-]cccc1.[Ir]. The summed E-state index contributed by atoms with van der Waals surface area (Å²) in [4.78, 5) is 8.43. The molecule has 4 nitrogen and oxygen atoms in total. The smallest absolute Gasteiger partial charge is 0.0562 e. The molecule has 0 saturated carbocycles. The normalized spacial score (nSPS) is 12.4. The van der Waals surface area contributed by atoms with Crippen molar-refractivity contribution >= 4 is 0 Å². The predicted molar refractivity (Wildman–Crippen MR) is 88.3 cm³/mol. The molecule has 5 heteroatoms. The Morgan fingerprint density at radius 2 is 1.65 bits per heavy atom. The second-order valence-electron chi connectivity index (χ2n) is 5.13. The monoisotopic (exact) mass is 494 g/mol. The van der Waals surface area contributed by atoms with E-state index in [1.165, 1.54) is 0 Å². The van der Waals surface area contributed by atoms with Crippen LogP contribution in [0.3, 0.4) is 0 Å². The Bertz CT molecular complexity index is 530.